The number of anilines is 5. The van der Waals surface area contributed by atoms with Gasteiger partial charge in [-0.3, -0.25) is 0 Å². The first-order chi connectivity index (χ1) is 32.2. The molecular formula is C63H61BN2O. The van der Waals surface area contributed by atoms with E-state index in [2.05, 4.69) is 218 Å². The van der Waals surface area contributed by atoms with E-state index >= 15 is 0 Å². The molecule has 8 aromatic carbocycles. The lowest BCUT2D eigenvalue weighted by Gasteiger charge is -2.46. The smallest absolute Gasteiger partial charge is 0.333 e. The van der Waals surface area contributed by atoms with Crippen molar-refractivity contribution in [1.29, 1.82) is 0 Å². The Morgan fingerprint density at radius 1 is 0.612 bits per heavy atom. The molecule has 3 heterocycles. The molecule has 0 fully saturated rings. The first kappa shape index (κ1) is 41.9. The Morgan fingerprint density at radius 2 is 1.31 bits per heavy atom. The van der Waals surface area contributed by atoms with Crippen molar-refractivity contribution in [2.45, 2.75) is 111 Å². The van der Waals surface area contributed by atoms with Crippen LogP contribution < -0.4 is 20.6 Å². The van der Waals surface area contributed by atoms with Gasteiger partial charge in [0.2, 0.25) is 0 Å². The molecule has 9 aromatic rings. The van der Waals surface area contributed by atoms with Crippen LogP contribution in [0.25, 0.3) is 55.0 Å². The summed E-state index contributed by atoms with van der Waals surface area (Å²) in [5.41, 5.74) is 22.5. The monoisotopic (exact) mass is 872 g/mol. The largest absolute Gasteiger partial charge is 0.456 e. The van der Waals surface area contributed by atoms with Gasteiger partial charge in [-0.2, -0.15) is 0 Å². The molecule has 3 aliphatic rings. The molecule has 67 heavy (non-hydrogen) atoms. The predicted molar refractivity (Wildman–Crippen MR) is 288 cm³/mol. The van der Waals surface area contributed by atoms with Crippen LogP contribution in [0.15, 0.2) is 150 Å². The van der Waals surface area contributed by atoms with Gasteiger partial charge in [0.25, 0.3) is 0 Å². The fraction of sp³-hybridized carbons (Fsp3) is 0.270. The molecule has 4 heteroatoms. The van der Waals surface area contributed by atoms with Crippen molar-refractivity contribution in [2.75, 3.05) is 9.71 Å². The van der Waals surface area contributed by atoms with E-state index in [9.17, 15) is 0 Å². The summed E-state index contributed by atoms with van der Waals surface area (Å²) in [5.74, 6) is 0. The molecule has 0 N–H and O–H groups in total. The summed E-state index contributed by atoms with van der Waals surface area (Å²) in [7, 11) is 0. The lowest BCUT2D eigenvalue weighted by atomic mass is 9.43. The summed E-state index contributed by atoms with van der Waals surface area (Å²) in [6.07, 6.45) is 5.77. The predicted octanol–water partition coefficient (Wildman–Crippen LogP) is 16.4. The molecule has 0 spiro atoms. The van der Waals surface area contributed by atoms with Gasteiger partial charge >= 0.3 is 6.85 Å². The zero-order valence-electron chi connectivity index (χ0n) is 40.8. The number of hydrogen-bond acceptors (Lipinski definition) is 3. The number of aryl methyl sites for hydroxylation is 2. The summed E-state index contributed by atoms with van der Waals surface area (Å²) in [5, 5.41) is 4.88. The molecule has 1 aliphatic carbocycles. The normalized spacial score (nSPS) is 15.7. The summed E-state index contributed by atoms with van der Waals surface area (Å²) < 4.78 is 7.14. The second-order valence-corrected chi connectivity index (χ2v) is 22.3. The molecule has 0 saturated heterocycles. The van der Waals surface area contributed by atoms with E-state index in [-0.39, 0.29) is 23.1 Å². The molecule has 0 atom stereocenters. The van der Waals surface area contributed by atoms with Crippen molar-refractivity contribution < 1.29 is 4.42 Å². The van der Waals surface area contributed by atoms with E-state index in [4.69, 9.17) is 4.42 Å². The number of unbranched alkanes of at least 4 members (excludes halogenated alkanes) is 1. The number of furan rings is 1. The minimum atomic E-state index is -0.147. The number of hydrogen-bond donors (Lipinski definition) is 0. The van der Waals surface area contributed by atoms with E-state index in [0.717, 1.165) is 36.1 Å². The minimum Gasteiger partial charge on any atom is -0.456 e. The number of nitrogens with zero attached hydrogens (tertiary/aromatic N) is 2. The molecule has 332 valence electrons. The maximum atomic E-state index is 7.14. The van der Waals surface area contributed by atoms with Gasteiger partial charge in [-0.1, -0.05) is 159 Å². The average molecular weight is 873 g/mol. The van der Waals surface area contributed by atoms with Crippen LogP contribution in [0, 0.1) is 6.92 Å². The van der Waals surface area contributed by atoms with Crippen molar-refractivity contribution >= 4 is 78.9 Å². The molecule has 2 aliphatic heterocycles. The lowest BCUT2D eigenvalue weighted by Crippen LogP contribution is -2.61. The topological polar surface area (TPSA) is 19.6 Å². The SMILES string of the molecule is CCCCc1ccc(N2c3cc4oc5cc6c(cc5c4cc3B3c4c(cc(-c5ccccc5)cc42)-c2ccc4ccccc4c2N3c2ccc(C(C)(C)C)cc2)C(C)(C)CCC6(C)C)c(C)c1. The first-order valence-corrected chi connectivity index (χ1v) is 24.8. The maximum Gasteiger partial charge on any atom is 0.333 e. The van der Waals surface area contributed by atoms with E-state index in [1.165, 1.54) is 118 Å². The van der Waals surface area contributed by atoms with Gasteiger partial charge in [-0.15, -0.1) is 0 Å². The fourth-order valence-corrected chi connectivity index (χ4v) is 12.0. The third kappa shape index (κ3) is 6.53. The Balaban J connectivity index is 1.22. The molecule has 12 rings (SSSR count). The molecule has 3 nitrogen and oxygen atoms in total. The lowest BCUT2D eigenvalue weighted by molar-refractivity contribution is 0.332. The van der Waals surface area contributed by atoms with Crippen molar-refractivity contribution in [3.05, 3.63) is 173 Å². The Bertz CT molecular complexity index is 3460. The number of fused-ring (bicyclic) bond motifs is 10. The molecular weight excluding hydrogens is 812 g/mol. The summed E-state index contributed by atoms with van der Waals surface area (Å²) in [6, 6.07) is 56.1. The Labute approximate surface area is 397 Å². The standard InChI is InChI=1S/C63H61BN2O/c1-10-11-17-40-22-29-54(39(2)32-40)65-55-38-58-49(48-35-51-52(37-57(48)67-58)63(8,9)31-30-62(51,6)7)36-53(55)64-59-50(33-43(34-56(59)65)41-18-13-12-14-19-41)47-28-23-42-20-15-16-21-46(42)60(47)66(64)45-26-24-44(25-27-45)61(3,4)5/h12-16,18-29,32-38H,10-11,17,30-31H2,1-9H3. The highest BCUT2D eigenvalue weighted by Gasteiger charge is 2.47. The fourth-order valence-electron chi connectivity index (χ4n) is 12.0. The Morgan fingerprint density at radius 3 is 2.04 bits per heavy atom. The highest BCUT2D eigenvalue weighted by Crippen LogP contribution is 2.53. The van der Waals surface area contributed by atoms with Crippen LogP contribution in [0.2, 0.25) is 0 Å². The zero-order chi connectivity index (χ0) is 46.1. The van der Waals surface area contributed by atoms with Gasteiger partial charge in [0.1, 0.15) is 11.2 Å². The molecule has 0 radical (unpaired) electrons. The second kappa shape index (κ2) is 15.0. The molecule has 0 saturated carbocycles. The Kier molecular flexibility index (Phi) is 9.37. The van der Waals surface area contributed by atoms with Crippen LogP contribution in [0.4, 0.5) is 28.4 Å². The average Bonchev–Trinajstić information content (AvgIpc) is 3.68. The highest BCUT2D eigenvalue weighted by molar-refractivity contribution is 6.94. The van der Waals surface area contributed by atoms with E-state index in [0.29, 0.717) is 0 Å². The van der Waals surface area contributed by atoms with Crippen molar-refractivity contribution in [1.82, 2.24) is 0 Å². The maximum absolute atomic E-state index is 7.14. The van der Waals surface area contributed by atoms with Crippen LogP contribution >= 0.6 is 0 Å². The summed E-state index contributed by atoms with van der Waals surface area (Å²) in [6.45, 7) is 21.0. The molecule has 0 unspecified atom stereocenters. The molecule has 0 amide bonds. The zero-order valence-corrected chi connectivity index (χ0v) is 40.8. The summed E-state index contributed by atoms with van der Waals surface area (Å²) in [4.78, 5) is 5.28. The summed E-state index contributed by atoms with van der Waals surface area (Å²) >= 11 is 0. The van der Waals surface area contributed by atoms with Crippen LogP contribution in [-0.2, 0) is 22.7 Å². The van der Waals surface area contributed by atoms with Crippen LogP contribution in [0.3, 0.4) is 0 Å². The van der Waals surface area contributed by atoms with Crippen molar-refractivity contribution in [3.8, 4) is 22.3 Å². The van der Waals surface area contributed by atoms with Gasteiger partial charge in [0, 0.05) is 56.2 Å². The van der Waals surface area contributed by atoms with Crippen molar-refractivity contribution in [3.63, 3.8) is 0 Å². The third-order valence-electron chi connectivity index (χ3n) is 15.9. The van der Waals surface area contributed by atoms with Gasteiger partial charge in [-0.25, -0.2) is 0 Å². The highest BCUT2D eigenvalue weighted by atomic mass is 16.3. The Hall–Kier alpha value is -6.52. The van der Waals surface area contributed by atoms with E-state index in [1.807, 2.05) is 0 Å². The second-order valence-electron chi connectivity index (χ2n) is 22.3. The molecule has 0 bridgehead atoms. The number of rotatable bonds is 6. The molecule has 1 aromatic heterocycles. The number of benzene rings is 8. The van der Waals surface area contributed by atoms with Gasteiger partial charge in [0.05, 0.1) is 0 Å². The van der Waals surface area contributed by atoms with E-state index < -0.39 is 0 Å². The van der Waals surface area contributed by atoms with Crippen LogP contribution in [-0.4, -0.2) is 6.85 Å². The van der Waals surface area contributed by atoms with Crippen LogP contribution in [0.1, 0.15) is 109 Å². The van der Waals surface area contributed by atoms with E-state index in [1.54, 1.807) is 0 Å². The van der Waals surface area contributed by atoms with Crippen LogP contribution in [0.5, 0.6) is 0 Å². The van der Waals surface area contributed by atoms with Gasteiger partial charge in [0.15, 0.2) is 0 Å². The van der Waals surface area contributed by atoms with Gasteiger partial charge in [-0.05, 0) is 152 Å². The van der Waals surface area contributed by atoms with Crippen molar-refractivity contribution in [2.24, 2.45) is 0 Å². The quantitative estimate of drug-likeness (QED) is 0.155. The van der Waals surface area contributed by atoms with Gasteiger partial charge < -0.3 is 14.1 Å². The minimum absolute atomic E-state index is 0.0252. The first-order valence-electron chi connectivity index (χ1n) is 24.8. The third-order valence-corrected chi connectivity index (χ3v) is 15.9.